The molecule has 0 aliphatic rings. The van der Waals surface area contributed by atoms with Gasteiger partial charge >= 0.3 is 0 Å². The normalized spacial score (nSPS) is 11.8. The lowest BCUT2D eigenvalue weighted by Gasteiger charge is -2.28. The molecular formula is C17H17ClN2O4. The number of carbonyl (C=O) groups excluding carboxylic acids is 1. The van der Waals surface area contributed by atoms with Gasteiger partial charge in [0.15, 0.2) is 0 Å². The van der Waals surface area contributed by atoms with E-state index in [0.29, 0.717) is 6.42 Å². The van der Waals surface area contributed by atoms with Gasteiger partial charge in [-0.15, -0.1) is 0 Å². The first kappa shape index (κ1) is 17.9. The van der Waals surface area contributed by atoms with Crippen molar-refractivity contribution in [1.29, 1.82) is 0 Å². The molecule has 1 atom stereocenters. The van der Waals surface area contributed by atoms with Gasteiger partial charge < -0.3 is 10.0 Å². The highest BCUT2D eigenvalue weighted by Crippen LogP contribution is 2.28. The largest absolute Gasteiger partial charge is 0.396 e. The minimum Gasteiger partial charge on any atom is -0.396 e. The Balaban J connectivity index is 2.29. The molecule has 0 heterocycles. The number of hydrogen-bond acceptors (Lipinski definition) is 4. The van der Waals surface area contributed by atoms with Crippen LogP contribution in [0.3, 0.4) is 0 Å². The lowest BCUT2D eigenvalue weighted by atomic mass is 10.0. The first-order valence-electron chi connectivity index (χ1n) is 7.32. The Morgan fingerprint density at radius 3 is 2.50 bits per heavy atom. The van der Waals surface area contributed by atoms with E-state index in [0.717, 1.165) is 5.56 Å². The molecule has 1 amide bonds. The Morgan fingerprint density at radius 1 is 1.29 bits per heavy atom. The van der Waals surface area contributed by atoms with Crippen LogP contribution in [-0.4, -0.2) is 34.5 Å². The predicted molar refractivity (Wildman–Crippen MR) is 91.1 cm³/mol. The molecule has 2 rings (SSSR count). The number of aliphatic hydroxyl groups excluding tert-OH is 1. The molecule has 0 aliphatic carbocycles. The molecule has 0 fully saturated rings. The van der Waals surface area contributed by atoms with Crippen LogP contribution in [0.5, 0.6) is 0 Å². The van der Waals surface area contributed by atoms with Crippen LogP contribution < -0.4 is 0 Å². The first-order valence-corrected chi connectivity index (χ1v) is 7.70. The zero-order valence-electron chi connectivity index (χ0n) is 13.1. The maximum Gasteiger partial charge on any atom is 0.287 e. The summed E-state index contributed by atoms with van der Waals surface area (Å²) in [5.41, 5.74) is 0.910. The fourth-order valence-corrected chi connectivity index (χ4v) is 2.76. The topological polar surface area (TPSA) is 83.7 Å². The lowest BCUT2D eigenvalue weighted by molar-refractivity contribution is -0.384. The summed E-state index contributed by atoms with van der Waals surface area (Å²) < 4.78 is 0. The summed E-state index contributed by atoms with van der Waals surface area (Å²) in [7, 11) is 1.63. The second-order valence-corrected chi connectivity index (χ2v) is 5.69. The second kappa shape index (κ2) is 7.90. The van der Waals surface area contributed by atoms with Gasteiger partial charge in [-0.3, -0.25) is 14.9 Å². The van der Waals surface area contributed by atoms with Gasteiger partial charge in [-0.25, -0.2) is 0 Å². The molecule has 1 unspecified atom stereocenters. The van der Waals surface area contributed by atoms with Gasteiger partial charge in [0.2, 0.25) is 0 Å². The van der Waals surface area contributed by atoms with E-state index in [4.69, 9.17) is 11.6 Å². The third-order valence-corrected chi connectivity index (χ3v) is 4.07. The van der Waals surface area contributed by atoms with Gasteiger partial charge in [0, 0.05) is 25.3 Å². The fourth-order valence-electron chi connectivity index (χ4n) is 2.51. The third-order valence-electron chi connectivity index (χ3n) is 3.77. The Morgan fingerprint density at radius 2 is 1.96 bits per heavy atom. The summed E-state index contributed by atoms with van der Waals surface area (Å²) in [5, 5.41) is 20.0. The van der Waals surface area contributed by atoms with Crippen LogP contribution in [-0.2, 0) is 0 Å². The summed E-state index contributed by atoms with van der Waals surface area (Å²) in [6.07, 6.45) is 0.382. The van der Waals surface area contributed by atoms with Crippen LogP contribution in [0.4, 0.5) is 5.69 Å². The number of nitrogens with zero attached hydrogens (tertiary/aromatic N) is 2. The van der Waals surface area contributed by atoms with Crippen molar-refractivity contribution >= 4 is 23.2 Å². The van der Waals surface area contributed by atoms with Gasteiger partial charge in [-0.1, -0.05) is 41.9 Å². The minimum atomic E-state index is -0.598. The molecule has 2 aromatic rings. The summed E-state index contributed by atoms with van der Waals surface area (Å²) in [4.78, 5) is 24.4. The average molecular weight is 349 g/mol. The molecule has 0 radical (unpaired) electrons. The van der Waals surface area contributed by atoms with E-state index >= 15 is 0 Å². The van der Waals surface area contributed by atoms with E-state index < -0.39 is 4.92 Å². The van der Waals surface area contributed by atoms with Gasteiger partial charge in [-0.05, 0) is 24.1 Å². The summed E-state index contributed by atoms with van der Waals surface area (Å²) in [6.45, 7) is -0.0712. The number of rotatable bonds is 6. The molecule has 0 saturated carbocycles. The molecule has 0 saturated heterocycles. The van der Waals surface area contributed by atoms with Gasteiger partial charge in [0.25, 0.3) is 11.6 Å². The van der Waals surface area contributed by atoms with E-state index in [1.807, 2.05) is 30.3 Å². The van der Waals surface area contributed by atoms with Crippen LogP contribution >= 0.6 is 11.6 Å². The van der Waals surface area contributed by atoms with Crippen molar-refractivity contribution < 1.29 is 14.8 Å². The SMILES string of the molecule is CN(C(=O)c1ccc([N+](=O)[O-])c(Cl)c1)C(CCO)c1ccccc1. The smallest absolute Gasteiger partial charge is 0.287 e. The average Bonchev–Trinajstić information content (AvgIpc) is 2.58. The van der Waals surface area contributed by atoms with Crippen LogP contribution in [0.15, 0.2) is 48.5 Å². The molecule has 6 nitrogen and oxygen atoms in total. The first-order chi connectivity index (χ1) is 11.5. The highest BCUT2D eigenvalue weighted by molar-refractivity contribution is 6.33. The van der Waals surface area contributed by atoms with Crippen molar-refractivity contribution in [2.24, 2.45) is 0 Å². The zero-order chi connectivity index (χ0) is 17.7. The minimum absolute atomic E-state index is 0.0712. The molecule has 0 spiro atoms. The van der Waals surface area contributed by atoms with E-state index in [1.165, 1.54) is 23.1 Å². The third kappa shape index (κ3) is 3.90. The van der Waals surface area contributed by atoms with E-state index in [2.05, 4.69) is 0 Å². The molecular weight excluding hydrogens is 332 g/mol. The number of nitro benzene ring substituents is 1. The zero-order valence-corrected chi connectivity index (χ0v) is 13.8. The lowest BCUT2D eigenvalue weighted by Crippen LogP contribution is -2.32. The second-order valence-electron chi connectivity index (χ2n) is 5.28. The van der Waals surface area contributed by atoms with Gasteiger partial charge in [0.05, 0.1) is 11.0 Å². The van der Waals surface area contributed by atoms with Crippen molar-refractivity contribution in [3.63, 3.8) is 0 Å². The van der Waals surface area contributed by atoms with Crippen LogP contribution in [0.25, 0.3) is 0 Å². The number of hydrogen-bond donors (Lipinski definition) is 1. The molecule has 126 valence electrons. The molecule has 1 N–H and O–H groups in total. The summed E-state index contributed by atoms with van der Waals surface area (Å²) in [6, 6.07) is 12.9. The Labute approximate surface area is 144 Å². The Kier molecular flexibility index (Phi) is 5.89. The van der Waals surface area contributed by atoms with Crippen molar-refractivity contribution in [1.82, 2.24) is 4.90 Å². The van der Waals surface area contributed by atoms with Crippen LogP contribution in [0.2, 0.25) is 5.02 Å². The molecule has 0 bridgehead atoms. The number of nitro groups is 1. The number of halogens is 1. The highest BCUT2D eigenvalue weighted by atomic mass is 35.5. The number of benzene rings is 2. The standard InChI is InChI=1S/C17H17ClN2O4/c1-19(15(9-10-21)12-5-3-2-4-6-12)17(22)13-7-8-16(20(23)24)14(18)11-13/h2-8,11,15,21H,9-10H2,1H3. The van der Waals surface area contributed by atoms with E-state index in [9.17, 15) is 20.0 Å². The van der Waals surface area contributed by atoms with Gasteiger partial charge in [-0.2, -0.15) is 0 Å². The predicted octanol–water partition coefficient (Wildman–Crippen LogP) is 3.44. The quantitative estimate of drug-likeness (QED) is 0.640. The summed E-state index contributed by atoms with van der Waals surface area (Å²) >= 11 is 5.88. The maximum absolute atomic E-state index is 12.7. The van der Waals surface area contributed by atoms with Crippen molar-refractivity contribution in [3.05, 3.63) is 74.8 Å². The number of carbonyl (C=O) groups is 1. The fraction of sp³-hybridized carbons (Fsp3) is 0.235. The van der Waals surface area contributed by atoms with Crippen LogP contribution in [0, 0.1) is 10.1 Å². The Hall–Kier alpha value is -2.44. The molecule has 0 aromatic heterocycles. The maximum atomic E-state index is 12.7. The van der Waals surface area contributed by atoms with Crippen molar-refractivity contribution in [2.45, 2.75) is 12.5 Å². The Bertz CT molecular complexity index is 737. The van der Waals surface area contributed by atoms with Crippen molar-refractivity contribution in [3.8, 4) is 0 Å². The van der Waals surface area contributed by atoms with E-state index in [1.54, 1.807) is 7.05 Å². The molecule has 24 heavy (non-hydrogen) atoms. The van der Waals surface area contributed by atoms with Crippen LogP contribution in [0.1, 0.15) is 28.4 Å². The molecule has 0 aliphatic heterocycles. The van der Waals surface area contributed by atoms with E-state index in [-0.39, 0.29) is 34.8 Å². The van der Waals surface area contributed by atoms with Crippen molar-refractivity contribution in [2.75, 3.05) is 13.7 Å². The summed E-state index contributed by atoms with van der Waals surface area (Å²) in [5.74, 6) is -0.325. The monoisotopic (exact) mass is 348 g/mol. The number of aliphatic hydroxyl groups is 1. The molecule has 7 heteroatoms. The number of amides is 1. The highest BCUT2D eigenvalue weighted by Gasteiger charge is 2.24. The van der Waals surface area contributed by atoms with Gasteiger partial charge in [0.1, 0.15) is 5.02 Å². The molecule has 2 aromatic carbocycles.